The van der Waals surface area contributed by atoms with E-state index in [0.717, 1.165) is 17.6 Å². The van der Waals surface area contributed by atoms with Gasteiger partial charge in [-0.3, -0.25) is 18.8 Å². The fourth-order valence-electron chi connectivity index (χ4n) is 3.53. The predicted molar refractivity (Wildman–Crippen MR) is 106 cm³/mol. The number of nitrogens with one attached hydrogen (secondary N) is 1. The molecule has 1 amide bonds. The SMILES string of the molecule is CCn1c(=O)n(CCC(=O)NCCN(C(C)C)C(C)C)c2ccccc21. The summed E-state index contributed by atoms with van der Waals surface area (Å²) in [7, 11) is 0. The molecule has 0 atom stereocenters. The summed E-state index contributed by atoms with van der Waals surface area (Å²) in [5.41, 5.74) is 1.76. The number of aromatic nitrogens is 2. The van der Waals surface area contributed by atoms with Gasteiger partial charge < -0.3 is 5.32 Å². The summed E-state index contributed by atoms with van der Waals surface area (Å²) in [6.45, 7) is 13.1. The minimum Gasteiger partial charge on any atom is -0.355 e. The van der Waals surface area contributed by atoms with E-state index in [1.54, 1.807) is 9.13 Å². The summed E-state index contributed by atoms with van der Waals surface area (Å²) in [5.74, 6) is -0.0160. The van der Waals surface area contributed by atoms with Crippen LogP contribution in [0.1, 0.15) is 41.0 Å². The molecule has 0 saturated heterocycles. The van der Waals surface area contributed by atoms with E-state index in [2.05, 4.69) is 37.9 Å². The minimum atomic E-state index is -0.0488. The molecule has 144 valence electrons. The molecular weight excluding hydrogens is 328 g/mol. The van der Waals surface area contributed by atoms with Gasteiger partial charge in [0.25, 0.3) is 0 Å². The van der Waals surface area contributed by atoms with E-state index in [0.29, 0.717) is 38.1 Å². The maximum Gasteiger partial charge on any atom is 0.329 e. The van der Waals surface area contributed by atoms with E-state index in [-0.39, 0.29) is 11.6 Å². The maximum absolute atomic E-state index is 12.6. The molecule has 0 aliphatic rings. The molecule has 1 aromatic carbocycles. The first kappa shape index (κ1) is 20.2. The Balaban J connectivity index is 1.95. The van der Waals surface area contributed by atoms with Gasteiger partial charge in [0.1, 0.15) is 0 Å². The van der Waals surface area contributed by atoms with Gasteiger partial charge in [-0.1, -0.05) is 12.1 Å². The number of carbonyl (C=O) groups is 1. The minimum absolute atomic E-state index is 0.0160. The Morgan fingerprint density at radius 1 is 1.08 bits per heavy atom. The van der Waals surface area contributed by atoms with Crippen molar-refractivity contribution in [3.63, 3.8) is 0 Å². The number of nitrogens with zero attached hydrogens (tertiary/aromatic N) is 3. The van der Waals surface area contributed by atoms with E-state index >= 15 is 0 Å². The van der Waals surface area contributed by atoms with Crippen LogP contribution < -0.4 is 11.0 Å². The predicted octanol–water partition coefficient (Wildman–Crippen LogP) is 2.45. The van der Waals surface area contributed by atoms with E-state index < -0.39 is 0 Å². The number of amides is 1. The first-order valence-electron chi connectivity index (χ1n) is 9.57. The summed E-state index contributed by atoms with van der Waals surface area (Å²) < 4.78 is 3.45. The van der Waals surface area contributed by atoms with Crippen molar-refractivity contribution in [2.45, 2.75) is 66.2 Å². The average Bonchev–Trinajstić information content (AvgIpc) is 2.87. The third-order valence-corrected chi connectivity index (χ3v) is 4.82. The van der Waals surface area contributed by atoms with Gasteiger partial charge in [0.2, 0.25) is 5.91 Å². The van der Waals surface area contributed by atoms with Crippen molar-refractivity contribution in [1.29, 1.82) is 0 Å². The molecule has 0 unspecified atom stereocenters. The lowest BCUT2D eigenvalue weighted by Crippen LogP contribution is -2.42. The van der Waals surface area contributed by atoms with Crippen molar-refractivity contribution in [1.82, 2.24) is 19.4 Å². The lowest BCUT2D eigenvalue weighted by Gasteiger charge is -2.30. The summed E-state index contributed by atoms with van der Waals surface area (Å²) in [4.78, 5) is 27.1. The number of hydrogen-bond acceptors (Lipinski definition) is 3. The third-order valence-electron chi connectivity index (χ3n) is 4.82. The van der Waals surface area contributed by atoms with Gasteiger partial charge in [0, 0.05) is 44.7 Å². The van der Waals surface area contributed by atoms with Gasteiger partial charge in [-0.15, -0.1) is 0 Å². The highest BCUT2D eigenvalue weighted by Gasteiger charge is 2.14. The van der Waals surface area contributed by atoms with E-state index in [1.807, 2.05) is 31.2 Å². The second-order valence-electron chi connectivity index (χ2n) is 7.19. The van der Waals surface area contributed by atoms with Crippen LogP contribution in [0.15, 0.2) is 29.1 Å². The number of benzene rings is 1. The Hall–Kier alpha value is -2.08. The van der Waals surface area contributed by atoms with Crippen molar-refractivity contribution in [2.75, 3.05) is 13.1 Å². The number of fused-ring (bicyclic) bond motifs is 1. The quantitative estimate of drug-likeness (QED) is 0.747. The topological polar surface area (TPSA) is 59.3 Å². The largest absolute Gasteiger partial charge is 0.355 e. The summed E-state index contributed by atoms with van der Waals surface area (Å²) in [6, 6.07) is 8.63. The lowest BCUT2D eigenvalue weighted by molar-refractivity contribution is -0.121. The van der Waals surface area contributed by atoms with E-state index in [9.17, 15) is 9.59 Å². The fraction of sp³-hybridized carbons (Fsp3) is 0.600. The number of imidazole rings is 1. The van der Waals surface area contributed by atoms with Crippen molar-refractivity contribution < 1.29 is 4.79 Å². The summed E-state index contributed by atoms with van der Waals surface area (Å²) in [6.07, 6.45) is 0.307. The smallest absolute Gasteiger partial charge is 0.329 e. The Morgan fingerprint density at radius 2 is 1.65 bits per heavy atom. The second kappa shape index (κ2) is 9.03. The molecule has 2 aromatic rings. The van der Waals surface area contributed by atoms with Gasteiger partial charge in [0.05, 0.1) is 11.0 Å². The Morgan fingerprint density at radius 3 is 2.19 bits per heavy atom. The third kappa shape index (κ3) is 4.55. The Labute approximate surface area is 155 Å². The highest BCUT2D eigenvalue weighted by molar-refractivity contribution is 5.78. The van der Waals surface area contributed by atoms with Gasteiger partial charge in [-0.05, 0) is 46.8 Å². The zero-order valence-corrected chi connectivity index (χ0v) is 16.7. The molecule has 0 bridgehead atoms. The molecule has 0 aliphatic carbocycles. The van der Waals surface area contributed by atoms with Gasteiger partial charge in [0.15, 0.2) is 0 Å². The van der Waals surface area contributed by atoms with Gasteiger partial charge in [-0.25, -0.2) is 4.79 Å². The van der Waals surface area contributed by atoms with Crippen LogP contribution in [0.3, 0.4) is 0 Å². The van der Waals surface area contributed by atoms with Crippen molar-refractivity contribution in [3.8, 4) is 0 Å². The standard InChI is InChI=1S/C20H32N4O2/c1-6-22-17-9-7-8-10-18(17)24(20(22)26)13-11-19(25)21-12-14-23(15(2)3)16(4)5/h7-10,15-16H,6,11-14H2,1-5H3,(H,21,25). The van der Waals surface area contributed by atoms with Crippen LogP contribution in [-0.4, -0.2) is 45.1 Å². The first-order chi connectivity index (χ1) is 12.4. The second-order valence-corrected chi connectivity index (χ2v) is 7.19. The van der Waals surface area contributed by atoms with Crippen molar-refractivity contribution in [3.05, 3.63) is 34.7 Å². The number of hydrogen-bond donors (Lipinski definition) is 1. The molecule has 1 heterocycles. The summed E-state index contributed by atoms with van der Waals surface area (Å²) in [5, 5.41) is 2.98. The molecule has 0 spiro atoms. The zero-order valence-electron chi connectivity index (χ0n) is 16.7. The maximum atomic E-state index is 12.6. The van der Waals surface area contributed by atoms with Crippen LogP contribution in [0, 0.1) is 0 Å². The zero-order chi connectivity index (χ0) is 19.3. The van der Waals surface area contributed by atoms with E-state index in [4.69, 9.17) is 0 Å². The van der Waals surface area contributed by atoms with Crippen LogP contribution >= 0.6 is 0 Å². The molecule has 6 heteroatoms. The van der Waals surface area contributed by atoms with Crippen molar-refractivity contribution >= 4 is 16.9 Å². The average molecular weight is 361 g/mol. The number of para-hydroxylation sites is 2. The first-order valence-corrected chi connectivity index (χ1v) is 9.57. The van der Waals surface area contributed by atoms with Gasteiger partial charge in [-0.2, -0.15) is 0 Å². The molecule has 0 fully saturated rings. The highest BCUT2D eigenvalue weighted by Crippen LogP contribution is 2.13. The number of carbonyl (C=O) groups excluding carboxylic acids is 1. The van der Waals surface area contributed by atoms with Crippen molar-refractivity contribution in [2.24, 2.45) is 0 Å². The molecule has 6 nitrogen and oxygen atoms in total. The molecule has 1 N–H and O–H groups in total. The highest BCUT2D eigenvalue weighted by atomic mass is 16.2. The molecular formula is C20H32N4O2. The normalized spacial score (nSPS) is 11.8. The molecule has 2 rings (SSSR count). The van der Waals surface area contributed by atoms with Gasteiger partial charge >= 0.3 is 5.69 Å². The lowest BCUT2D eigenvalue weighted by atomic mass is 10.2. The number of aryl methyl sites for hydroxylation is 2. The monoisotopic (exact) mass is 360 g/mol. The fourth-order valence-corrected chi connectivity index (χ4v) is 3.53. The Bertz CT molecular complexity index is 781. The molecule has 0 radical (unpaired) electrons. The van der Waals surface area contributed by atoms with Crippen LogP contribution in [0.25, 0.3) is 11.0 Å². The molecule has 26 heavy (non-hydrogen) atoms. The van der Waals surface area contributed by atoms with Crippen LogP contribution in [-0.2, 0) is 17.9 Å². The molecule has 0 saturated carbocycles. The Kier molecular flexibility index (Phi) is 7.03. The van der Waals surface area contributed by atoms with Crippen LogP contribution in [0.2, 0.25) is 0 Å². The van der Waals surface area contributed by atoms with Crippen LogP contribution in [0.5, 0.6) is 0 Å². The van der Waals surface area contributed by atoms with Crippen LogP contribution in [0.4, 0.5) is 0 Å². The summed E-state index contributed by atoms with van der Waals surface area (Å²) >= 11 is 0. The number of rotatable bonds is 9. The van der Waals surface area contributed by atoms with E-state index in [1.165, 1.54) is 0 Å². The molecule has 1 aromatic heterocycles. The molecule has 0 aliphatic heterocycles.